The number of halogens is 6. The van der Waals surface area contributed by atoms with Crippen LogP contribution in [-0.4, -0.2) is 18.5 Å². The lowest BCUT2D eigenvalue weighted by molar-refractivity contribution is -0.276. The molecule has 102 valence electrons. The summed E-state index contributed by atoms with van der Waals surface area (Å²) in [6.45, 7) is 1.12. The second kappa shape index (κ2) is 4.54. The van der Waals surface area contributed by atoms with Crippen molar-refractivity contribution in [3.8, 4) is 11.6 Å². The predicted octanol–water partition coefficient (Wildman–Crippen LogP) is 3.32. The first-order valence-corrected chi connectivity index (χ1v) is 4.43. The minimum absolute atomic E-state index is 0.225. The molecule has 1 heterocycles. The number of hydrogen-bond donors (Lipinski definition) is 0. The summed E-state index contributed by atoms with van der Waals surface area (Å²) in [6.07, 6.45) is -10.1. The molecule has 0 unspecified atom stereocenters. The molecule has 0 fully saturated rings. The Labute approximate surface area is 97.3 Å². The first-order valence-electron chi connectivity index (χ1n) is 4.43. The van der Waals surface area contributed by atoms with Gasteiger partial charge in [0.25, 0.3) is 0 Å². The fourth-order valence-electron chi connectivity index (χ4n) is 1.14. The molecule has 1 aromatic heterocycles. The van der Waals surface area contributed by atoms with Crippen molar-refractivity contribution in [2.24, 2.45) is 0 Å². The van der Waals surface area contributed by atoms with E-state index in [-0.39, 0.29) is 5.56 Å². The molecule has 0 saturated heterocycles. The summed E-state index contributed by atoms with van der Waals surface area (Å²) in [4.78, 5) is 2.81. The Balaban J connectivity index is 3.31. The monoisotopic (exact) mass is 275 g/mol. The second-order valence-electron chi connectivity index (χ2n) is 3.21. The van der Waals surface area contributed by atoms with E-state index in [1.54, 1.807) is 0 Å². The lowest BCUT2D eigenvalue weighted by Crippen LogP contribution is -2.20. The number of hydrogen-bond acceptors (Lipinski definition) is 3. The summed E-state index contributed by atoms with van der Waals surface area (Å²) >= 11 is 0. The third kappa shape index (κ3) is 3.41. The lowest BCUT2D eigenvalue weighted by Gasteiger charge is -2.15. The van der Waals surface area contributed by atoms with Gasteiger partial charge in [-0.25, -0.2) is 4.98 Å². The third-order valence-electron chi connectivity index (χ3n) is 1.83. The Kier molecular flexibility index (Phi) is 3.63. The Morgan fingerprint density at radius 3 is 2.06 bits per heavy atom. The minimum Gasteiger partial charge on any atom is -0.494 e. The molecule has 18 heavy (non-hydrogen) atoms. The highest BCUT2D eigenvalue weighted by atomic mass is 19.4. The summed E-state index contributed by atoms with van der Waals surface area (Å²) in [5.41, 5.74) is -1.80. The molecule has 0 aliphatic heterocycles. The van der Waals surface area contributed by atoms with Gasteiger partial charge in [-0.1, -0.05) is 0 Å². The van der Waals surface area contributed by atoms with E-state index in [0.717, 1.165) is 20.1 Å². The topological polar surface area (TPSA) is 31.4 Å². The van der Waals surface area contributed by atoms with Crippen LogP contribution in [0.4, 0.5) is 26.3 Å². The van der Waals surface area contributed by atoms with Crippen LogP contribution in [0.3, 0.4) is 0 Å². The molecule has 0 N–H and O–H groups in total. The average molecular weight is 275 g/mol. The molecule has 3 nitrogen and oxygen atoms in total. The van der Waals surface area contributed by atoms with E-state index in [0.29, 0.717) is 0 Å². The fraction of sp³-hybridized carbons (Fsp3) is 0.444. The van der Waals surface area contributed by atoms with Crippen molar-refractivity contribution in [1.29, 1.82) is 0 Å². The molecule has 0 bridgehead atoms. The number of alkyl halides is 6. The zero-order valence-corrected chi connectivity index (χ0v) is 9.11. The van der Waals surface area contributed by atoms with E-state index in [1.165, 1.54) is 0 Å². The Morgan fingerprint density at radius 1 is 1.11 bits per heavy atom. The van der Waals surface area contributed by atoms with Crippen LogP contribution < -0.4 is 9.47 Å². The number of ether oxygens (including phenoxy) is 2. The van der Waals surface area contributed by atoms with Gasteiger partial charge in [-0.2, -0.15) is 13.2 Å². The van der Waals surface area contributed by atoms with Crippen LogP contribution in [0.2, 0.25) is 0 Å². The van der Waals surface area contributed by atoms with Gasteiger partial charge in [0.2, 0.25) is 5.88 Å². The van der Waals surface area contributed by atoms with E-state index in [2.05, 4.69) is 14.5 Å². The molecule has 0 atom stereocenters. The van der Waals surface area contributed by atoms with Gasteiger partial charge in [-0.05, 0) is 13.0 Å². The maximum atomic E-state index is 12.5. The standard InChI is InChI=1S/C9H7F6NO2/c1-4-3-5(17-2)6(8(10,11)12)16-7(4)18-9(13,14)15/h3H,1-2H3. The van der Waals surface area contributed by atoms with Crippen molar-refractivity contribution >= 4 is 0 Å². The zero-order valence-electron chi connectivity index (χ0n) is 9.11. The number of nitrogens with zero attached hydrogens (tertiary/aromatic N) is 1. The smallest absolute Gasteiger partial charge is 0.494 e. The van der Waals surface area contributed by atoms with Gasteiger partial charge in [0.05, 0.1) is 7.11 Å². The fourth-order valence-corrected chi connectivity index (χ4v) is 1.14. The number of aromatic nitrogens is 1. The van der Waals surface area contributed by atoms with Crippen LogP contribution >= 0.6 is 0 Å². The summed E-state index contributed by atoms with van der Waals surface area (Å²) in [6, 6.07) is 0.775. The third-order valence-corrected chi connectivity index (χ3v) is 1.83. The molecule has 0 radical (unpaired) electrons. The van der Waals surface area contributed by atoms with Gasteiger partial charge in [0.15, 0.2) is 5.69 Å². The molecule has 0 saturated carbocycles. The molecule has 0 amide bonds. The lowest BCUT2D eigenvalue weighted by atomic mass is 10.2. The number of rotatable bonds is 2. The van der Waals surface area contributed by atoms with Crippen molar-refractivity contribution in [3.05, 3.63) is 17.3 Å². The maximum absolute atomic E-state index is 12.5. The Bertz CT molecular complexity index is 440. The van der Waals surface area contributed by atoms with Crippen molar-refractivity contribution in [3.63, 3.8) is 0 Å². The van der Waals surface area contributed by atoms with E-state index >= 15 is 0 Å². The summed E-state index contributed by atoms with van der Waals surface area (Å²) in [7, 11) is 0.954. The number of methoxy groups -OCH3 is 1. The van der Waals surface area contributed by atoms with Crippen molar-refractivity contribution in [1.82, 2.24) is 4.98 Å². The van der Waals surface area contributed by atoms with E-state index in [9.17, 15) is 26.3 Å². The van der Waals surface area contributed by atoms with Crippen LogP contribution in [0.1, 0.15) is 11.3 Å². The van der Waals surface area contributed by atoms with Gasteiger partial charge in [-0.3, -0.25) is 0 Å². The highest BCUT2D eigenvalue weighted by molar-refractivity contribution is 5.39. The van der Waals surface area contributed by atoms with Gasteiger partial charge in [-0.15, -0.1) is 13.2 Å². The minimum atomic E-state index is -5.12. The van der Waals surface area contributed by atoms with Crippen LogP contribution in [0.5, 0.6) is 11.6 Å². The van der Waals surface area contributed by atoms with Gasteiger partial charge >= 0.3 is 12.5 Å². The average Bonchev–Trinajstić information content (AvgIpc) is 2.16. The normalized spacial score (nSPS) is 12.4. The zero-order chi connectivity index (χ0) is 14.1. The molecule has 9 heteroatoms. The first-order chi connectivity index (χ1) is 8.04. The van der Waals surface area contributed by atoms with Crippen LogP contribution in [0.25, 0.3) is 0 Å². The van der Waals surface area contributed by atoms with E-state index in [1.807, 2.05) is 0 Å². The Hall–Kier alpha value is -1.67. The highest BCUT2D eigenvalue weighted by Crippen LogP contribution is 2.38. The van der Waals surface area contributed by atoms with Gasteiger partial charge < -0.3 is 9.47 Å². The quantitative estimate of drug-likeness (QED) is 0.776. The maximum Gasteiger partial charge on any atom is 0.574 e. The highest BCUT2D eigenvalue weighted by Gasteiger charge is 2.39. The van der Waals surface area contributed by atoms with Crippen molar-refractivity contribution in [2.75, 3.05) is 7.11 Å². The van der Waals surface area contributed by atoms with E-state index in [4.69, 9.17) is 0 Å². The van der Waals surface area contributed by atoms with E-state index < -0.39 is 29.9 Å². The molecular formula is C9H7F6NO2. The van der Waals surface area contributed by atoms with Crippen molar-refractivity contribution in [2.45, 2.75) is 19.5 Å². The van der Waals surface area contributed by atoms with Crippen LogP contribution in [0, 0.1) is 6.92 Å². The second-order valence-corrected chi connectivity index (χ2v) is 3.21. The molecule has 0 spiro atoms. The summed E-state index contributed by atoms with van der Waals surface area (Å²) < 4.78 is 81.2. The largest absolute Gasteiger partial charge is 0.574 e. The molecular weight excluding hydrogens is 268 g/mol. The van der Waals surface area contributed by atoms with Crippen molar-refractivity contribution < 1.29 is 35.8 Å². The molecule has 0 aliphatic carbocycles. The van der Waals surface area contributed by atoms with Crippen LogP contribution in [-0.2, 0) is 6.18 Å². The van der Waals surface area contributed by atoms with Gasteiger partial charge in [0, 0.05) is 5.56 Å². The van der Waals surface area contributed by atoms with Crippen LogP contribution in [0.15, 0.2) is 6.07 Å². The molecule has 0 aliphatic rings. The molecule has 1 rings (SSSR count). The summed E-state index contributed by atoms with van der Waals surface area (Å²) in [5, 5.41) is 0. The van der Waals surface area contributed by atoms with Gasteiger partial charge in [0.1, 0.15) is 5.75 Å². The first kappa shape index (κ1) is 14.4. The number of pyridine rings is 1. The SMILES string of the molecule is COc1cc(C)c(OC(F)(F)F)nc1C(F)(F)F. The molecule has 1 aromatic rings. The predicted molar refractivity (Wildman–Crippen MR) is 47.2 cm³/mol. The summed E-state index contributed by atoms with van der Waals surface area (Å²) in [5.74, 6) is -1.83. The Morgan fingerprint density at radius 2 is 1.67 bits per heavy atom. The number of aryl methyl sites for hydroxylation is 1. The molecule has 0 aromatic carbocycles.